The quantitative estimate of drug-likeness (QED) is 0.613. The van der Waals surface area contributed by atoms with Crippen LogP contribution in [0.1, 0.15) is 46.0 Å². The van der Waals surface area contributed by atoms with E-state index in [0.717, 1.165) is 18.6 Å². The number of carbonyl (C=O) groups is 1. The maximum absolute atomic E-state index is 11.6. The molecule has 3 N–H and O–H groups in total. The molecule has 0 aromatic carbocycles. The van der Waals surface area contributed by atoms with E-state index in [1.165, 1.54) is 19.3 Å². The van der Waals surface area contributed by atoms with Crippen LogP contribution < -0.4 is 11.1 Å². The van der Waals surface area contributed by atoms with Crippen molar-refractivity contribution in [2.45, 2.75) is 58.0 Å². The van der Waals surface area contributed by atoms with E-state index in [1.54, 1.807) is 11.8 Å². The van der Waals surface area contributed by atoms with E-state index in [-0.39, 0.29) is 18.0 Å². The molecule has 0 aliphatic heterocycles. The number of nitrogens with two attached hydrogens (primary N) is 1. The summed E-state index contributed by atoms with van der Waals surface area (Å²) in [5, 5.41) is 2.97. The van der Waals surface area contributed by atoms with Gasteiger partial charge in [0.05, 0.1) is 6.04 Å². The molecule has 0 heterocycles. The molecule has 0 fully saturated rings. The van der Waals surface area contributed by atoms with Crippen LogP contribution in [0.25, 0.3) is 0 Å². The van der Waals surface area contributed by atoms with Crippen molar-refractivity contribution < 1.29 is 4.79 Å². The molecule has 0 saturated heterocycles. The zero-order valence-corrected chi connectivity index (χ0v) is 11.6. The minimum atomic E-state index is -0.346. The number of thioether (sulfide) groups is 1. The predicted molar refractivity (Wildman–Crippen MR) is 72.7 cm³/mol. The third-order valence-corrected chi connectivity index (χ3v) is 3.24. The molecular formula is C12H26N2OS. The molecule has 0 aliphatic carbocycles. The first-order valence-corrected chi connectivity index (χ1v) is 7.56. The fourth-order valence-corrected chi connectivity index (χ4v) is 1.99. The van der Waals surface area contributed by atoms with Crippen LogP contribution in [0, 0.1) is 0 Å². The lowest BCUT2D eigenvalue weighted by atomic mass is 10.1. The van der Waals surface area contributed by atoms with Gasteiger partial charge in [0.2, 0.25) is 5.91 Å². The van der Waals surface area contributed by atoms with Crippen molar-refractivity contribution in [2.75, 3.05) is 12.0 Å². The number of unbranched alkanes of at least 4 members (excludes halogenated alkanes) is 2. The standard InChI is InChI=1S/C12H26N2OS/c1-4-5-6-7-10(2)14-12(15)11(13)8-9-16-3/h10-11H,4-9,13H2,1-3H3,(H,14,15)/t10?,11-/m1/s1. The molecule has 1 amide bonds. The Labute approximate surface area is 104 Å². The Morgan fingerprint density at radius 2 is 2.06 bits per heavy atom. The zero-order chi connectivity index (χ0) is 12.4. The van der Waals surface area contributed by atoms with Gasteiger partial charge in [0.25, 0.3) is 0 Å². The molecule has 1 unspecified atom stereocenters. The summed E-state index contributed by atoms with van der Waals surface area (Å²) >= 11 is 1.72. The van der Waals surface area contributed by atoms with Crippen LogP contribution in [-0.4, -0.2) is 30.0 Å². The van der Waals surface area contributed by atoms with Gasteiger partial charge in [-0.25, -0.2) is 0 Å². The van der Waals surface area contributed by atoms with E-state index >= 15 is 0 Å². The first kappa shape index (κ1) is 15.8. The van der Waals surface area contributed by atoms with Crippen molar-refractivity contribution in [2.24, 2.45) is 5.73 Å². The van der Waals surface area contributed by atoms with E-state index in [9.17, 15) is 4.79 Å². The zero-order valence-electron chi connectivity index (χ0n) is 10.8. The summed E-state index contributed by atoms with van der Waals surface area (Å²) in [5.74, 6) is 0.941. The Bertz CT molecular complexity index is 188. The molecule has 0 bridgehead atoms. The van der Waals surface area contributed by atoms with Gasteiger partial charge in [-0.15, -0.1) is 0 Å². The Hall–Kier alpha value is -0.220. The molecule has 0 aliphatic rings. The van der Waals surface area contributed by atoms with Gasteiger partial charge in [0.1, 0.15) is 0 Å². The van der Waals surface area contributed by atoms with Crippen LogP contribution in [0.3, 0.4) is 0 Å². The van der Waals surface area contributed by atoms with Gasteiger partial charge >= 0.3 is 0 Å². The fraction of sp³-hybridized carbons (Fsp3) is 0.917. The largest absolute Gasteiger partial charge is 0.352 e. The number of amides is 1. The molecule has 0 aromatic heterocycles. The summed E-state index contributed by atoms with van der Waals surface area (Å²) in [6, 6.07) is -0.0968. The second kappa shape index (κ2) is 9.97. The Balaban J connectivity index is 3.67. The normalized spacial score (nSPS) is 14.5. The van der Waals surface area contributed by atoms with Gasteiger partial charge in [0.15, 0.2) is 0 Å². The van der Waals surface area contributed by atoms with E-state index in [0.29, 0.717) is 0 Å². The van der Waals surface area contributed by atoms with Crippen molar-refractivity contribution in [1.29, 1.82) is 0 Å². The predicted octanol–water partition coefficient (Wildman–Crippen LogP) is 2.15. The van der Waals surface area contributed by atoms with Crippen LogP contribution in [0.4, 0.5) is 0 Å². The minimum Gasteiger partial charge on any atom is -0.352 e. The molecule has 16 heavy (non-hydrogen) atoms. The maximum Gasteiger partial charge on any atom is 0.237 e. The number of rotatable bonds is 9. The van der Waals surface area contributed by atoms with Crippen molar-refractivity contribution in [3.63, 3.8) is 0 Å². The highest BCUT2D eigenvalue weighted by atomic mass is 32.2. The van der Waals surface area contributed by atoms with Crippen LogP contribution in [0.2, 0.25) is 0 Å². The molecule has 3 nitrogen and oxygen atoms in total. The topological polar surface area (TPSA) is 55.1 Å². The molecule has 96 valence electrons. The van der Waals surface area contributed by atoms with Gasteiger partial charge in [-0.2, -0.15) is 11.8 Å². The molecule has 0 saturated carbocycles. The third-order valence-electron chi connectivity index (χ3n) is 2.60. The SMILES string of the molecule is CCCCCC(C)NC(=O)[C@H](N)CCSC. The van der Waals surface area contributed by atoms with E-state index < -0.39 is 0 Å². The molecule has 0 spiro atoms. The second-order valence-corrected chi connectivity index (χ2v) is 5.28. The van der Waals surface area contributed by atoms with Gasteiger partial charge in [-0.3, -0.25) is 4.79 Å². The van der Waals surface area contributed by atoms with Crippen molar-refractivity contribution in [1.82, 2.24) is 5.32 Å². The van der Waals surface area contributed by atoms with E-state index in [4.69, 9.17) is 5.73 Å². The van der Waals surface area contributed by atoms with Crippen LogP contribution in [0.5, 0.6) is 0 Å². The molecule has 2 atom stereocenters. The number of carbonyl (C=O) groups excluding carboxylic acids is 1. The Kier molecular flexibility index (Phi) is 9.83. The second-order valence-electron chi connectivity index (χ2n) is 4.29. The monoisotopic (exact) mass is 246 g/mol. The van der Waals surface area contributed by atoms with E-state index in [2.05, 4.69) is 19.2 Å². The summed E-state index contributed by atoms with van der Waals surface area (Å²) in [6.45, 7) is 4.23. The van der Waals surface area contributed by atoms with Gasteiger partial charge in [-0.05, 0) is 31.8 Å². The molecule has 0 aromatic rings. The lowest BCUT2D eigenvalue weighted by molar-refractivity contribution is -0.123. The molecule has 0 radical (unpaired) electrons. The van der Waals surface area contributed by atoms with Gasteiger partial charge < -0.3 is 11.1 Å². The number of hydrogen-bond donors (Lipinski definition) is 2. The lowest BCUT2D eigenvalue weighted by Gasteiger charge is -2.17. The minimum absolute atomic E-state index is 0.00181. The van der Waals surface area contributed by atoms with E-state index in [1.807, 2.05) is 6.26 Å². The first-order chi connectivity index (χ1) is 7.61. The summed E-state index contributed by atoms with van der Waals surface area (Å²) in [5.41, 5.74) is 5.78. The van der Waals surface area contributed by atoms with Gasteiger partial charge in [-0.1, -0.05) is 26.2 Å². The highest BCUT2D eigenvalue weighted by Crippen LogP contribution is 2.04. The first-order valence-electron chi connectivity index (χ1n) is 6.16. The fourth-order valence-electron chi connectivity index (χ4n) is 1.50. The summed E-state index contributed by atoms with van der Waals surface area (Å²) < 4.78 is 0. The van der Waals surface area contributed by atoms with Crippen molar-refractivity contribution >= 4 is 17.7 Å². The van der Waals surface area contributed by atoms with Crippen molar-refractivity contribution in [3.05, 3.63) is 0 Å². The highest BCUT2D eigenvalue weighted by molar-refractivity contribution is 7.98. The molecule has 0 rings (SSSR count). The lowest BCUT2D eigenvalue weighted by Crippen LogP contribution is -2.44. The number of nitrogens with one attached hydrogen (secondary N) is 1. The average molecular weight is 246 g/mol. The van der Waals surface area contributed by atoms with Crippen LogP contribution in [0.15, 0.2) is 0 Å². The molecular weight excluding hydrogens is 220 g/mol. The summed E-state index contributed by atoms with van der Waals surface area (Å²) in [6.07, 6.45) is 7.46. The Morgan fingerprint density at radius 3 is 2.62 bits per heavy atom. The van der Waals surface area contributed by atoms with Gasteiger partial charge in [0, 0.05) is 6.04 Å². The highest BCUT2D eigenvalue weighted by Gasteiger charge is 2.14. The van der Waals surface area contributed by atoms with Crippen LogP contribution >= 0.6 is 11.8 Å². The Morgan fingerprint density at radius 1 is 1.38 bits per heavy atom. The maximum atomic E-state index is 11.6. The number of hydrogen-bond acceptors (Lipinski definition) is 3. The molecule has 4 heteroatoms. The van der Waals surface area contributed by atoms with Crippen LogP contribution in [-0.2, 0) is 4.79 Å². The third kappa shape index (κ3) is 7.99. The smallest absolute Gasteiger partial charge is 0.237 e. The summed E-state index contributed by atoms with van der Waals surface area (Å²) in [4.78, 5) is 11.6. The average Bonchev–Trinajstić information content (AvgIpc) is 2.26. The van der Waals surface area contributed by atoms with Crippen molar-refractivity contribution in [3.8, 4) is 0 Å². The summed E-state index contributed by atoms with van der Waals surface area (Å²) in [7, 11) is 0.